The Bertz CT molecular complexity index is 2850. The largest absolute Gasteiger partial charge is 0.360 e. The van der Waals surface area contributed by atoms with Crippen molar-refractivity contribution in [1.82, 2.24) is 9.88 Å². The van der Waals surface area contributed by atoms with Crippen LogP contribution in [-0.2, 0) is 0 Å². The molecule has 0 saturated heterocycles. The number of allylic oxidation sites excluding steroid dienone is 8. The fourth-order valence-electron chi connectivity index (χ4n) is 7.44. The molecule has 5 aromatic carbocycles. The molecule has 54 heavy (non-hydrogen) atoms. The van der Waals surface area contributed by atoms with Crippen LogP contribution in [0.5, 0.6) is 0 Å². The van der Waals surface area contributed by atoms with Crippen LogP contribution in [0.1, 0.15) is 35.7 Å². The van der Waals surface area contributed by atoms with Crippen LogP contribution in [0, 0.1) is 11.3 Å². The van der Waals surface area contributed by atoms with Crippen LogP contribution in [0.3, 0.4) is 0 Å². The molecule has 258 valence electrons. The summed E-state index contributed by atoms with van der Waals surface area (Å²) in [5, 5.41) is 16.6. The quantitative estimate of drug-likeness (QED) is 0.160. The van der Waals surface area contributed by atoms with E-state index in [-0.39, 0.29) is 6.17 Å². The summed E-state index contributed by atoms with van der Waals surface area (Å²) in [6.07, 6.45) is 16.5. The monoisotopic (exact) mass is 712 g/mol. The zero-order valence-corrected chi connectivity index (χ0v) is 30.5. The molecule has 2 aliphatic rings. The molecule has 4 nitrogen and oxygen atoms in total. The first-order chi connectivity index (χ1) is 26.5. The number of nitriles is 1. The fraction of sp³-hybridized carbons (Fsp3) is 0.0612. The lowest BCUT2D eigenvalue weighted by Crippen LogP contribution is -2.26. The Morgan fingerprint density at radius 3 is 2.50 bits per heavy atom. The van der Waals surface area contributed by atoms with E-state index < -0.39 is 0 Å². The number of benzene rings is 5. The molecule has 5 heteroatoms. The molecule has 3 heterocycles. The standard InChI is InChI=1S/C49H36N4S/c1-3-34(25-32(2)35-11-6-4-7-12-35)44-30-45(52-49(51-44)36-13-8-5-9-14-36)39-16-10-15-37(27-39)38-18-21-47-42(28-38)43-29-41(19-22-48(43)54-47)53-24-23-40-26-33(31-50)17-20-46(40)53/h3-6,8-11,13-30,49,51H,1-2,7,12H2/b34-25+. The average molecular weight is 713 g/mol. The summed E-state index contributed by atoms with van der Waals surface area (Å²) in [7, 11) is 0. The lowest BCUT2D eigenvalue weighted by molar-refractivity contribution is 0.626. The molecule has 7 aromatic rings. The van der Waals surface area contributed by atoms with E-state index in [1.165, 1.54) is 25.7 Å². The van der Waals surface area contributed by atoms with Crippen LogP contribution in [0.25, 0.3) is 47.9 Å². The van der Waals surface area contributed by atoms with Crippen LogP contribution in [0.2, 0.25) is 0 Å². The zero-order chi connectivity index (χ0) is 36.6. The molecule has 0 bridgehead atoms. The first-order valence-electron chi connectivity index (χ1n) is 18.1. The highest BCUT2D eigenvalue weighted by Crippen LogP contribution is 2.38. The number of rotatable bonds is 8. The second-order valence-electron chi connectivity index (χ2n) is 13.7. The van der Waals surface area contributed by atoms with Gasteiger partial charge in [0.05, 0.1) is 22.9 Å². The molecule has 0 fully saturated rings. The van der Waals surface area contributed by atoms with Gasteiger partial charge in [-0.05, 0) is 119 Å². The smallest absolute Gasteiger partial charge is 0.145 e. The molecule has 0 saturated carbocycles. The SMILES string of the molecule is C=C/C(=C\C(=C)C1=CC=CCC1)C1=CC(c2cccc(-c3ccc4sc5ccc(-n6ccc7cc(C#N)ccc76)cc5c4c3)c2)=NC(c2ccccc2)N1. The number of aromatic nitrogens is 1. The van der Waals surface area contributed by atoms with Crippen LogP contribution in [-0.4, -0.2) is 10.3 Å². The van der Waals surface area contributed by atoms with Crippen molar-refractivity contribution < 1.29 is 0 Å². The van der Waals surface area contributed by atoms with Gasteiger partial charge in [-0.25, -0.2) is 0 Å². The first kappa shape index (κ1) is 33.1. The molecule has 2 aromatic heterocycles. The fourth-order valence-corrected chi connectivity index (χ4v) is 8.51. The van der Waals surface area contributed by atoms with Gasteiger partial charge in [0, 0.05) is 48.7 Å². The number of hydrogen-bond donors (Lipinski definition) is 1. The molecule has 1 aliphatic carbocycles. The van der Waals surface area contributed by atoms with Crippen LogP contribution in [0.4, 0.5) is 0 Å². The van der Waals surface area contributed by atoms with E-state index in [1.807, 2.05) is 41.7 Å². The van der Waals surface area contributed by atoms with E-state index in [4.69, 9.17) is 4.99 Å². The van der Waals surface area contributed by atoms with Crippen molar-refractivity contribution in [1.29, 1.82) is 5.26 Å². The maximum Gasteiger partial charge on any atom is 0.145 e. The highest BCUT2D eigenvalue weighted by Gasteiger charge is 2.21. The summed E-state index contributed by atoms with van der Waals surface area (Å²) in [6, 6.07) is 42.7. The number of fused-ring (bicyclic) bond motifs is 4. The maximum atomic E-state index is 9.38. The molecular formula is C49H36N4S. The summed E-state index contributed by atoms with van der Waals surface area (Å²) < 4.78 is 4.70. The Morgan fingerprint density at radius 1 is 0.870 bits per heavy atom. The van der Waals surface area contributed by atoms with E-state index >= 15 is 0 Å². The number of nitrogens with one attached hydrogen (secondary N) is 1. The molecule has 1 atom stereocenters. The topological polar surface area (TPSA) is 53.1 Å². The third-order valence-corrected chi connectivity index (χ3v) is 11.4. The van der Waals surface area contributed by atoms with Gasteiger partial charge in [-0.1, -0.05) is 92.1 Å². The van der Waals surface area contributed by atoms with Gasteiger partial charge < -0.3 is 9.88 Å². The zero-order valence-electron chi connectivity index (χ0n) is 29.7. The second kappa shape index (κ2) is 14.0. The maximum absolute atomic E-state index is 9.38. The predicted molar refractivity (Wildman–Crippen MR) is 227 cm³/mol. The molecule has 9 rings (SSSR count). The Labute approximate surface area is 319 Å². The van der Waals surface area contributed by atoms with Crippen molar-refractivity contribution in [2.24, 2.45) is 4.99 Å². The van der Waals surface area contributed by atoms with E-state index in [0.29, 0.717) is 5.56 Å². The normalized spacial score (nSPS) is 15.7. The van der Waals surface area contributed by atoms with Gasteiger partial charge in [-0.15, -0.1) is 11.3 Å². The Hall–Kier alpha value is -6.74. The molecule has 0 radical (unpaired) electrons. The molecular weight excluding hydrogens is 677 g/mol. The lowest BCUT2D eigenvalue weighted by Gasteiger charge is -2.25. The molecule has 0 amide bonds. The van der Waals surface area contributed by atoms with Gasteiger partial charge in [0.25, 0.3) is 0 Å². The van der Waals surface area contributed by atoms with Crippen molar-refractivity contribution in [3.63, 3.8) is 0 Å². The number of nitrogens with zero attached hydrogens (tertiary/aromatic N) is 3. The second-order valence-corrected chi connectivity index (χ2v) is 14.7. The lowest BCUT2D eigenvalue weighted by atomic mass is 9.94. The van der Waals surface area contributed by atoms with Gasteiger partial charge in [-0.2, -0.15) is 5.26 Å². The van der Waals surface area contributed by atoms with Gasteiger partial charge in [0.1, 0.15) is 6.17 Å². The Balaban J connectivity index is 1.09. The minimum atomic E-state index is -0.258. The molecule has 1 aliphatic heterocycles. The minimum absolute atomic E-state index is 0.258. The van der Waals surface area contributed by atoms with Crippen LogP contribution in [0.15, 0.2) is 198 Å². The molecule has 0 spiro atoms. The number of thiophene rings is 1. The van der Waals surface area contributed by atoms with E-state index in [2.05, 4.69) is 157 Å². The summed E-state index contributed by atoms with van der Waals surface area (Å²) in [4.78, 5) is 5.25. The third kappa shape index (κ3) is 6.23. The van der Waals surface area contributed by atoms with Gasteiger partial charge in [-0.3, -0.25) is 4.99 Å². The summed E-state index contributed by atoms with van der Waals surface area (Å²) in [5.41, 5.74) is 12.4. The molecule has 1 unspecified atom stereocenters. The molecule has 1 N–H and O–H groups in total. The van der Waals surface area contributed by atoms with Crippen molar-refractivity contribution in [2.75, 3.05) is 0 Å². The van der Waals surface area contributed by atoms with Gasteiger partial charge in [0.15, 0.2) is 0 Å². The van der Waals surface area contributed by atoms with Crippen molar-refractivity contribution in [3.05, 3.63) is 210 Å². The predicted octanol–water partition coefficient (Wildman–Crippen LogP) is 12.5. The highest BCUT2D eigenvalue weighted by atomic mass is 32.1. The summed E-state index contributed by atoms with van der Waals surface area (Å²) in [5.74, 6) is 0. The van der Waals surface area contributed by atoms with Crippen LogP contribution >= 0.6 is 11.3 Å². The van der Waals surface area contributed by atoms with E-state index in [0.717, 1.165) is 74.2 Å². The van der Waals surface area contributed by atoms with Gasteiger partial charge >= 0.3 is 0 Å². The summed E-state index contributed by atoms with van der Waals surface area (Å²) >= 11 is 1.82. The van der Waals surface area contributed by atoms with E-state index in [9.17, 15) is 5.26 Å². The Morgan fingerprint density at radius 2 is 1.69 bits per heavy atom. The highest BCUT2D eigenvalue weighted by molar-refractivity contribution is 7.25. The minimum Gasteiger partial charge on any atom is -0.360 e. The Kier molecular flexibility index (Phi) is 8.59. The van der Waals surface area contributed by atoms with Gasteiger partial charge in [0.2, 0.25) is 0 Å². The summed E-state index contributed by atoms with van der Waals surface area (Å²) in [6.45, 7) is 8.60. The average Bonchev–Trinajstić information content (AvgIpc) is 3.83. The number of aliphatic imine (C=N–C) groups is 1. The van der Waals surface area contributed by atoms with E-state index in [1.54, 1.807) is 0 Å². The van der Waals surface area contributed by atoms with Crippen molar-refractivity contribution >= 4 is 48.1 Å². The third-order valence-electron chi connectivity index (χ3n) is 10.3. The number of hydrogen-bond acceptors (Lipinski definition) is 4. The van der Waals surface area contributed by atoms with Crippen molar-refractivity contribution in [2.45, 2.75) is 19.0 Å². The first-order valence-corrected chi connectivity index (χ1v) is 19.0. The van der Waals surface area contributed by atoms with Crippen LogP contribution < -0.4 is 5.32 Å². The van der Waals surface area contributed by atoms with Crippen molar-refractivity contribution in [3.8, 4) is 22.9 Å².